The highest BCUT2D eigenvalue weighted by molar-refractivity contribution is 5.80. The molecule has 1 rings (SSSR count). The Morgan fingerprint density at radius 1 is 0.500 bits per heavy atom. The summed E-state index contributed by atoms with van der Waals surface area (Å²) in [5.74, 6) is -0.578. The molecule has 0 aromatic carbocycles. The van der Waals surface area contributed by atoms with E-state index in [0.717, 1.165) is 38.5 Å². The highest BCUT2D eigenvalue weighted by atomic mass is 16.7. The van der Waals surface area contributed by atoms with Gasteiger partial charge in [0.15, 0.2) is 6.29 Å². The summed E-state index contributed by atoms with van der Waals surface area (Å²) in [6.07, 6.45) is 35.8. The van der Waals surface area contributed by atoms with Gasteiger partial charge in [-0.1, -0.05) is 239 Å². The minimum Gasteiger partial charge on any atom is -0.394 e. The summed E-state index contributed by atoms with van der Waals surface area (Å²) in [6.45, 7) is 3.70. The number of aliphatic hydroxyl groups is 6. The SMILES string of the molecule is CCCCCCCCCCCCCCCCCCCCC(O)C(=O)NC(COC1OC(CO)C(O)C(O)C1O)C(O)CCCCCCCCCCCCCCCCCCC. The summed E-state index contributed by atoms with van der Waals surface area (Å²) in [5, 5.41) is 65.0. The standard InChI is InChI=1S/C50H99NO9/c1-3-5-7-9-11-13-15-17-19-21-23-25-27-29-31-33-35-37-39-44(54)49(58)51-42(41-59-50-48(57)47(56)46(55)45(40-52)60-50)43(53)38-36-34-32-30-28-26-24-22-20-18-16-14-12-10-8-6-4-2/h42-48,50,52-57H,3-41H2,1-2H3,(H,51,58). The molecule has 1 heterocycles. The van der Waals surface area contributed by atoms with Gasteiger partial charge in [-0.3, -0.25) is 4.79 Å². The fourth-order valence-electron chi connectivity index (χ4n) is 8.58. The first-order valence-corrected chi connectivity index (χ1v) is 25.8. The number of hydrogen-bond donors (Lipinski definition) is 7. The summed E-state index contributed by atoms with van der Waals surface area (Å²) in [6, 6.07) is -0.888. The fourth-order valence-corrected chi connectivity index (χ4v) is 8.58. The summed E-state index contributed by atoms with van der Waals surface area (Å²) in [4.78, 5) is 13.1. The predicted octanol–water partition coefficient (Wildman–Crippen LogP) is 10.5. The van der Waals surface area contributed by atoms with Crippen molar-refractivity contribution in [1.29, 1.82) is 0 Å². The first-order chi connectivity index (χ1) is 29.3. The van der Waals surface area contributed by atoms with Crippen molar-refractivity contribution in [3.8, 4) is 0 Å². The third kappa shape index (κ3) is 30.3. The van der Waals surface area contributed by atoms with E-state index in [2.05, 4.69) is 19.2 Å². The van der Waals surface area contributed by atoms with Gasteiger partial charge in [0.1, 0.15) is 30.5 Å². The van der Waals surface area contributed by atoms with Crippen LogP contribution in [0.5, 0.6) is 0 Å². The number of carbonyl (C=O) groups is 1. The Morgan fingerprint density at radius 2 is 0.833 bits per heavy atom. The van der Waals surface area contributed by atoms with Crippen molar-refractivity contribution >= 4 is 5.91 Å². The number of hydrogen-bond acceptors (Lipinski definition) is 9. The van der Waals surface area contributed by atoms with Crippen LogP contribution in [0.4, 0.5) is 0 Å². The molecule has 1 saturated heterocycles. The van der Waals surface area contributed by atoms with Crippen molar-refractivity contribution in [1.82, 2.24) is 5.32 Å². The van der Waals surface area contributed by atoms with Crippen molar-refractivity contribution < 1.29 is 44.9 Å². The van der Waals surface area contributed by atoms with Crippen LogP contribution in [0.25, 0.3) is 0 Å². The summed E-state index contributed by atoms with van der Waals surface area (Å²) >= 11 is 0. The number of aliphatic hydroxyl groups excluding tert-OH is 6. The van der Waals surface area contributed by atoms with Gasteiger partial charge in [0, 0.05) is 0 Å². The number of unbranched alkanes of at least 4 members (excludes halogenated alkanes) is 33. The molecule has 0 radical (unpaired) electrons. The Hall–Kier alpha value is -0.850. The lowest BCUT2D eigenvalue weighted by Crippen LogP contribution is -2.60. The molecule has 7 N–H and O–H groups in total. The van der Waals surface area contributed by atoms with Gasteiger partial charge in [0.25, 0.3) is 0 Å². The predicted molar refractivity (Wildman–Crippen MR) is 246 cm³/mol. The fraction of sp³-hybridized carbons (Fsp3) is 0.980. The first-order valence-electron chi connectivity index (χ1n) is 25.8. The first kappa shape index (κ1) is 57.2. The number of nitrogens with one attached hydrogen (secondary N) is 1. The summed E-state index contributed by atoms with van der Waals surface area (Å²) in [7, 11) is 0. The molecule has 8 atom stereocenters. The van der Waals surface area contributed by atoms with Crippen LogP contribution in [0.2, 0.25) is 0 Å². The molecule has 1 fully saturated rings. The number of amides is 1. The molecular formula is C50H99NO9. The molecule has 1 amide bonds. The van der Waals surface area contributed by atoms with E-state index in [1.54, 1.807) is 0 Å². The van der Waals surface area contributed by atoms with Crippen LogP contribution in [0.1, 0.15) is 251 Å². The third-order valence-electron chi connectivity index (χ3n) is 12.8. The molecule has 60 heavy (non-hydrogen) atoms. The molecule has 0 saturated carbocycles. The largest absolute Gasteiger partial charge is 0.394 e. The minimum atomic E-state index is -1.59. The van der Waals surface area contributed by atoms with E-state index in [1.165, 1.54) is 186 Å². The van der Waals surface area contributed by atoms with Crippen molar-refractivity contribution in [3.63, 3.8) is 0 Å². The second kappa shape index (κ2) is 40.9. The Bertz CT molecular complexity index is 926. The quantitative estimate of drug-likeness (QED) is 0.0295. The molecule has 358 valence electrons. The van der Waals surface area contributed by atoms with Gasteiger partial charge in [-0.2, -0.15) is 0 Å². The van der Waals surface area contributed by atoms with Crippen LogP contribution in [-0.4, -0.2) is 98.7 Å². The van der Waals surface area contributed by atoms with Gasteiger partial charge in [-0.25, -0.2) is 0 Å². The summed E-state index contributed by atoms with van der Waals surface area (Å²) in [5.41, 5.74) is 0. The Morgan fingerprint density at radius 3 is 1.18 bits per heavy atom. The minimum absolute atomic E-state index is 0.250. The van der Waals surface area contributed by atoms with Gasteiger partial charge in [0.05, 0.1) is 25.4 Å². The molecule has 10 nitrogen and oxygen atoms in total. The maximum Gasteiger partial charge on any atom is 0.249 e. The highest BCUT2D eigenvalue weighted by Crippen LogP contribution is 2.23. The van der Waals surface area contributed by atoms with Crippen LogP contribution in [0.15, 0.2) is 0 Å². The van der Waals surface area contributed by atoms with Crippen molar-refractivity contribution in [2.45, 2.75) is 300 Å². The lowest BCUT2D eigenvalue weighted by atomic mass is 9.99. The molecule has 1 aliphatic heterocycles. The number of rotatable bonds is 44. The molecule has 0 bridgehead atoms. The molecular weight excluding hydrogens is 759 g/mol. The lowest BCUT2D eigenvalue weighted by molar-refractivity contribution is -0.302. The maximum absolute atomic E-state index is 13.1. The van der Waals surface area contributed by atoms with Gasteiger partial charge in [-0.15, -0.1) is 0 Å². The van der Waals surface area contributed by atoms with Crippen LogP contribution in [0.3, 0.4) is 0 Å². The molecule has 8 unspecified atom stereocenters. The molecule has 1 aliphatic rings. The topological polar surface area (TPSA) is 169 Å². The second-order valence-corrected chi connectivity index (χ2v) is 18.5. The number of ether oxygens (including phenoxy) is 2. The molecule has 0 aliphatic carbocycles. The van der Waals surface area contributed by atoms with Crippen molar-refractivity contribution in [2.75, 3.05) is 13.2 Å². The van der Waals surface area contributed by atoms with E-state index in [4.69, 9.17) is 9.47 Å². The maximum atomic E-state index is 13.1. The highest BCUT2D eigenvalue weighted by Gasteiger charge is 2.44. The zero-order valence-corrected chi connectivity index (χ0v) is 39.1. The van der Waals surface area contributed by atoms with Gasteiger partial charge in [0.2, 0.25) is 5.91 Å². The molecule has 0 aromatic rings. The van der Waals surface area contributed by atoms with Crippen LogP contribution in [-0.2, 0) is 14.3 Å². The van der Waals surface area contributed by atoms with Crippen LogP contribution >= 0.6 is 0 Å². The van der Waals surface area contributed by atoms with Gasteiger partial charge in [-0.05, 0) is 12.8 Å². The van der Waals surface area contributed by atoms with E-state index < -0.39 is 61.5 Å². The Balaban J connectivity index is 2.32. The van der Waals surface area contributed by atoms with E-state index in [9.17, 15) is 35.4 Å². The smallest absolute Gasteiger partial charge is 0.249 e. The van der Waals surface area contributed by atoms with E-state index in [-0.39, 0.29) is 6.61 Å². The second-order valence-electron chi connectivity index (χ2n) is 18.5. The average molecular weight is 858 g/mol. The summed E-state index contributed by atoms with van der Waals surface area (Å²) < 4.78 is 11.2. The van der Waals surface area contributed by atoms with E-state index >= 15 is 0 Å². The molecule has 0 aromatic heterocycles. The number of carbonyl (C=O) groups excluding carboxylic acids is 1. The molecule has 10 heteroatoms. The van der Waals surface area contributed by atoms with Gasteiger partial charge < -0.3 is 45.4 Å². The monoisotopic (exact) mass is 858 g/mol. The van der Waals surface area contributed by atoms with Crippen LogP contribution in [0, 0.1) is 0 Å². The van der Waals surface area contributed by atoms with E-state index in [1.807, 2.05) is 0 Å². The van der Waals surface area contributed by atoms with E-state index in [0.29, 0.717) is 12.8 Å². The normalized spacial score (nSPS) is 21.0. The third-order valence-corrected chi connectivity index (χ3v) is 12.8. The lowest BCUT2D eigenvalue weighted by Gasteiger charge is -2.40. The van der Waals surface area contributed by atoms with Crippen LogP contribution < -0.4 is 5.32 Å². The zero-order valence-electron chi connectivity index (χ0n) is 39.1. The van der Waals surface area contributed by atoms with Gasteiger partial charge >= 0.3 is 0 Å². The average Bonchev–Trinajstić information content (AvgIpc) is 3.25. The Kier molecular flexibility index (Phi) is 39.0. The Labute approximate surface area is 368 Å². The zero-order chi connectivity index (χ0) is 43.9. The molecule has 0 spiro atoms. The van der Waals surface area contributed by atoms with Crippen molar-refractivity contribution in [3.05, 3.63) is 0 Å². The van der Waals surface area contributed by atoms with Crippen molar-refractivity contribution in [2.24, 2.45) is 0 Å².